The molecule has 25 heavy (non-hydrogen) atoms. The summed E-state index contributed by atoms with van der Waals surface area (Å²) >= 11 is 0. The summed E-state index contributed by atoms with van der Waals surface area (Å²) in [4.78, 5) is 9.29. The van der Waals surface area contributed by atoms with Gasteiger partial charge in [0.05, 0.1) is 18.2 Å². The highest BCUT2D eigenvalue weighted by molar-refractivity contribution is 5.90. The van der Waals surface area contributed by atoms with Gasteiger partial charge in [-0.15, -0.1) is 0 Å². The van der Waals surface area contributed by atoms with Crippen LogP contribution in [-0.2, 0) is 0 Å². The summed E-state index contributed by atoms with van der Waals surface area (Å²) in [6, 6.07) is 14.0. The first-order valence-corrected chi connectivity index (χ1v) is 8.59. The van der Waals surface area contributed by atoms with Gasteiger partial charge in [-0.2, -0.15) is 4.98 Å². The molecule has 1 aromatic heterocycles. The monoisotopic (exact) mass is 336 g/mol. The number of benzene rings is 2. The molecule has 2 aromatic carbocycles. The van der Waals surface area contributed by atoms with Gasteiger partial charge in [0, 0.05) is 11.1 Å². The number of para-hydroxylation sites is 1. The van der Waals surface area contributed by atoms with Crippen molar-refractivity contribution >= 4 is 28.4 Å². The van der Waals surface area contributed by atoms with Crippen LogP contribution in [0.25, 0.3) is 10.9 Å². The molecular formula is C20H24N4O. The molecule has 5 nitrogen and oxygen atoms in total. The first-order chi connectivity index (χ1) is 12.1. The van der Waals surface area contributed by atoms with Crippen LogP contribution in [0.15, 0.2) is 42.5 Å². The Bertz CT molecular complexity index is 875. The molecule has 0 saturated heterocycles. The van der Waals surface area contributed by atoms with E-state index >= 15 is 0 Å². The molecule has 0 aliphatic heterocycles. The van der Waals surface area contributed by atoms with Crippen molar-refractivity contribution in [3.05, 3.63) is 53.6 Å². The van der Waals surface area contributed by atoms with Gasteiger partial charge in [-0.25, -0.2) is 4.98 Å². The summed E-state index contributed by atoms with van der Waals surface area (Å²) in [7, 11) is 0. The Hall–Kier alpha value is -2.66. The Balaban J connectivity index is 2.02. The summed E-state index contributed by atoms with van der Waals surface area (Å²) in [5.74, 6) is 1.28. The fourth-order valence-electron chi connectivity index (χ4n) is 2.72. The van der Waals surface area contributed by atoms with Gasteiger partial charge in [0.1, 0.15) is 5.82 Å². The van der Waals surface area contributed by atoms with Crippen LogP contribution in [0.2, 0.25) is 0 Å². The Kier molecular flexibility index (Phi) is 5.14. The van der Waals surface area contributed by atoms with E-state index < -0.39 is 0 Å². The van der Waals surface area contributed by atoms with E-state index in [9.17, 15) is 5.11 Å². The lowest BCUT2D eigenvalue weighted by atomic mass is 10.1. The largest absolute Gasteiger partial charge is 0.394 e. The van der Waals surface area contributed by atoms with E-state index in [1.165, 1.54) is 11.1 Å². The summed E-state index contributed by atoms with van der Waals surface area (Å²) in [6.45, 7) is 6.26. The third-order valence-electron chi connectivity index (χ3n) is 4.51. The number of aliphatic hydroxyl groups is 1. The zero-order chi connectivity index (χ0) is 17.8. The maximum absolute atomic E-state index is 9.51. The molecular weight excluding hydrogens is 312 g/mol. The highest BCUT2D eigenvalue weighted by Crippen LogP contribution is 2.26. The number of nitrogens with zero attached hydrogens (tertiary/aromatic N) is 2. The molecule has 0 fully saturated rings. The van der Waals surface area contributed by atoms with Crippen molar-refractivity contribution in [3.8, 4) is 0 Å². The number of nitrogens with one attached hydrogen (secondary N) is 2. The summed E-state index contributed by atoms with van der Waals surface area (Å²) in [5, 5.41) is 17.1. The van der Waals surface area contributed by atoms with Crippen molar-refractivity contribution in [1.82, 2.24) is 9.97 Å². The number of rotatable bonds is 6. The number of hydrogen-bond acceptors (Lipinski definition) is 5. The van der Waals surface area contributed by atoms with Crippen LogP contribution in [0.5, 0.6) is 0 Å². The lowest BCUT2D eigenvalue weighted by molar-refractivity contribution is 0.271. The molecule has 5 heteroatoms. The normalized spacial score (nSPS) is 12.2. The molecule has 0 amide bonds. The van der Waals surface area contributed by atoms with Gasteiger partial charge in [-0.1, -0.05) is 31.2 Å². The summed E-state index contributed by atoms with van der Waals surface area (Å²) < 4.78 is 0. The molecule has 0 aliphatic rings. The van der Waals surface area contributed by atoms with Crippen molar-refractivity contribution in [1.29, 1.82) is 0 Å². The predicted octanol–water partition coefficient (Wildman–Crippen LogP) is 4.17. The van der Waals surface area contributed by atoms with Gasteiger partial charge in [0.2, 0.25) is 5.95 Å². The van der Waals surface area contributed by atoms with Crippen LogP contribution in [0.4, 0.5) is 17.5 Å². The van der Waals surface area contributed by atoms with Crippen molar-refractivity contribution in [3.63, 3.8) is 0 Å². The third-order valence-corrected chi connectivity index (χ3v) is 4.51. The third kappa shape index (κ3) is 3.72. The average Bonchev–Trinajstić information content (AvgIpc) is 2.63. The summed E-state index contributed by atoms with van der Waals surface area (Å²) in [5.41, 5.74) is 4.25. The molecule has 3 N–H and O–H groups in total. The van der Waals surface area contributed by atoms with Crippen LogP contribution in [0.3, 0.4) is 0 Å². The zero-order valence-electron chi connectivity index (χ0n) is 14.9. The van der Waals surface area contributed by atoms with Gasteiger partial charge in [0.25, 0.3) is 0 Å². The van der Waals surface area contributed by atoms with E-state index in [0.717, 1.165) is 28.8 Å². The van der Waals surface area contributed by atoms with E-state index in [1.54, 1.807) is 0 Å². The lowest BCUT2D eigenvalue weighted by Gasteiger charge is -2.18. The smallest absolute Gasteiger partial charge is 0.229 e. The van der Waals surface area contributed by atoms with E-state index in [1.807, 2.05) is 43.3 Å². The van der Waals surface area contributed by atoms with Crippen LogP contribution >= 0.6 is 0 Å². The van der Waals surface area contributed by atoms with E-state index in [0.29, 0.717) is 5.95 Å². The number of anilines is 3. The molecule has 0 radical (unpaired) electrons. The minimum absolute atomic E-state index is 0.0353. The van der Waals surface area contributed by atoms with Gasteiger partial charge in [-0.3, -0.25) is 0 Å². The Labute approximate surface area is 148 Å². The SMILES string of the molecule is CCC(CO)Nc1nc(Nc2cccc(C)c2C)nc2ccccc12. The minimum atomic E-state index is -0.0353. The van der Waals surface area contributed by atoms with Crippen LogP contribution in [0.1, 0.15) is 24.5 Å². The minimum Gasteiger partial charge on any atom is -0.394 e. The first-order valence-electron chi connectivity index (χ1n) is 8.59. The van der Waals surface area contributed by atoms with Crippen LogP contribution in [-0.4, -0.2) is 27.7 Å². The van der Waals surface area contributed by atoms with Crippen molar-refractivity contribution < 1.29 is 5.11 Å². The topological polar surface area (TPSA) is 70.1 Å². The molecule has 3 aromatic rings. The van der Waals surface area contributed by atoms with Crippen LogP contribution < -0.4 is 10.6 Å². The molecule has 0 saturated carbocycles. The molecule has 0 bridgehead atoms. The second-order valence-electron chi connectivity index (χ2n) is 6.22. The van der Waals surface area contributed by atoms with Gasteiger partial charge in [-0.05, 0) is 49.6 Å². The number of hydrogen-bond donors (Lipinski definition) is 3. The molecule has 1 heterocycles. The highest BCUT2D eigenvalue weighted by atomic mass is 16.3. The molecule has 1 unspecified atom stereocenters. The number of aryl methyl sites for hydroxylation is 1. The lowest BCUT2D eigenvalue weighted by Crippen LogP contribution is -2.23. The summed E-state index contributed by atoms with van der Waals surface area (Å²) in [6.07, 6.45) is 0.814. The van der Waals surface area contributed by atoms with Gasteiger partial charge in [0.15, 0.2) is 0 Å². The first kappa shape index (κ1) is 17.2. The van der Waals surface area contributed by atoms with E-state index in [2.05, 4.69) is 40.5 Å². The molecule has 3 rings (SSSR count). The highest BCUT2D eigenvalue weighted by Gasteiger charge is 2.12. The van der Waals surface area contributed by atoms with Gasteiger partial charge >= 0.3 is 0 Å². The standard InChI is InChI=1S/C20H24N4O/c1-4-15(12-25)21-19-16-9-5-6-10-18(16)23-20(24-19)22-17-11-7-8-13(2)14(17)3/h5-11,15,25H,4,12H2,1-3H3,(H2,21,22,23,24). The van der Waals surface area contributed by atoms with Crippen molar-refractivity contribution in [2.75, 3.05) is 17.2 Å². The number of fused-ring (bicyclic) bond motifs is 1. The fourth-order valence-corrected chi connectivity index (χ4v) is 2.72. The Morgan fingerprint density at radius 1 is 1.04 bits per heavy atom. The van der Waals surface area contributed by atoms with Crippen molar-refractivity contribution in [2.45, 2.75) is 33.2 Å². The molecule has 0 aliphatic carbocycles. The molecule has 1 atom stereocenters. The zero-order valence-corrected chi connectivity index (χ0v) is 14.9. The van der Waals surface area contributed by atoms with Crippen molar-refractivity contribution in [2.24, 2.45) is 0 Å². The number of aromatic nitrogens is 2. The van der Waals surface area contributed by atoms with E-state index in [4.69, 9.17) is 0 Å². The molecule has 0 spiro atoms. The Morgan fingerprint density at radius 3 is 2.60 bits per heavy atom. The number of aliphatic hydroxyl groups excluding tert-OH is 1. The fraction of sp³-hybridized carbons (Fsp3) is 0.300. The second kappa shape index (κ2) is 7.49. The quantitative estimate of drug-likeness (QED) is 0.630. The average molecular weight is 336 g/mol. The maximum atomic E-state index is 9.51. The van der Waals surface area contributed by atoms with Gasteiger partial charge < -0.3 is 15.7 Å². The van der Waals surface area contributed by atoms with E-state index in [-0.39, 0.29) is 12.6 Å². The molecule has 130 valence electrons. The van der Waals surface area contributed by atoms with Crippen LogP contribution in [0, 0.1) is 13.8 Å². The Morgan fingerprint density at radius 2 is 1.84 bits per heavy atom. The maximum Gasteiger partial charge on any atom is 0.229 e. The predicted molar refractivity (Wildman–Crippen MR) is 104 cm³/mol. The second-order valence-corrected chi connectivity index (χ2v) is 6.22.